The summed E-state index contributed by atoms with van der Waals surface area (Å²) in [4.78, 5) is 74.1. The number of aliphatic carboxylic acids is 1. The molecule has 0 fully saturated rings. The molecule has 1 rings (SSSR count). The van der Waals surface area contributed by atoms with Crippen molar-refractivity contribution in [3.8, 4) is 0 Å². The second kappa shape index (κ2) is 16.5. The number of carboxylic acid groups (broad SMARTS) is 1. The Morgan fingerprint density at radius 3 is 1.95 bits per heavy atom. The number of hydrogen-bond donors (Lipinski definition) is 5. The number of carboxylic acids is 1. The summed E-state index contributed by atoms with van der Waals surface area (Å²) in [6, 6.07) is 4.26. The van der Waals surface area contributed by atoms with Gasteiger partial charge in [-0.15, -0.1) is 0 Å². The van der Waals surface area contributed by atoms with Crippen molar-refractivity contribution >= 4 is 45.2 Å². The minimum Gasteiger partial charge on any atom is -0.481 e. The average molecular weight is 597 g/mol. The van der Waals surface area contributed by atoms with E-state index in [0.717, 1.165) is 18.7 Å². The maximum absolute atomic E-state index is 13.1. The Morgan fingerprint density at radius 2 is 1.44 bits per heavy atom. The van der Waals surface area contributed by atoms with Crippen molar-refractivity contribution in [2.75, 3.05) is 12.0 Å². The highest BCUT2D eigenvalue weighted by molar-refractivity contribution is 7.90. The number of benzene rings is 1. The van der Waals surface area contributed by atoms with Crippen LogP contribution in [0.2, 0.25) is 0 Å². The van der Waals surface area contributed by atoms with Crippen molar-refractivity contribution in [3.05, 3.63) is 35.9 Å². The molecular formula is C27H40N4O9S. The maximum Gasteiger partial charge on any atom is 0.305 e. The normalized spacial score (nSPS) is 14.2. The van der Waals surface area contributed by atoms with E-state index >= 15 is 0 Å². The minimum atomic E-state index is -3.66. The predicted molar refractivity (Wildman–Crippen MR) is 150 cm³/mol. The lowest BCUT2D eigenvalue weighted by molar-refractivity contribution is -0.141. The van der Waals surface area contributed by atoms with Crippen LogP contribution < -0.4 is 21.3 Å². The Morgan fingerprint density at radius 1 is 0.829 bits per heavy atom. The predicted octanol–water partition coefficient (Wildman–Crippen LogP) is -0.267. The third-order valence-corrected chi connectivity index (χ3v) is 6.92. The SMILES string of the molecule is CC(=O)NC(CS(C)(=O)=O)C(=O)NC(C)C(=O)NC(C(=O)NC(CC(=O)O)C(=O)CCCc1ccccc1)C(C)C. The van der Waals surface area contributed by atoms with E-state index in [-0.39, 0.29) is 6.42 Å². The Bertz CT molecular complexity index is 1200. The average Bonchev–Trinajstić information content (AvgIpc) is 2.85. The van der Waals surface area contributed by atoms with Gasteiger partial charge in [0, 0.05) is 19.6 Å². The summed E-state index contributed by atoms with van der Waals surface area (Å²) in [5, 5.41) is 18.8. The lowest BCUT2D eigenvalue weighted by atomic mass is 9.99. The summed E-state index contributed by atoms with van der Waals surface area (Å²) in [7, 11) is -3.66. The molecule has 13 nitrogen and oxygen atoms in total. The molecular weight excluding hydrogens is 556 g/mol. The van der Waals surface area contributed by atoms with Crippen LogP contribution in [0, 0.1) is 5.92 Å². The van der Waals surface area contributed by atoms with Gasteiger partial charge in [-0.05, 0) is 31.2 Å². The van der Waals surface area contributed by atoms with Gasteiger partial charge in [0.15, 0.2) is 5.78 Å². The molecule has 5 N–H and O–H groups in total. The van der Waals surface area contributed by atoms with E-state index in [4.69, 9.17) is 0 Å². The smallest absolute Gasteiger partial charge is 0.305 e. The van der Waals surface area contributed by atoms with Crippen molar-refractivity contribution in [2.45, 2.75) is 77.5 Å². The summed E-state index contributed by atoms with van der Waals surface area (Å²) in [5.41, 5.74) is 1.02. The first-order valence-corrected chi connectivity index (χ1v) is 15.2. The van der Waals surface area contributed by atoms with Crippen molar-refractivity contribution in [3.63, 3.8) is 0 Å². The quantitative estimate of drug-likeness (QED) is 0.160. The standard InChI is InChI=1S/C27H40N4O9S/c1-16(2)24(31-25(36)17(3)28-26(37)21(29-18(4)32)15-41(5,39)40)27(38)30-20(14-23(34)35)22(33)13-9-12-19-10-7-6-8-11-19/h6-8,10-11,16-17,20-21,24H,9,12-15H2,1-5H3,(H,28,37)(H,29,32)(H,30,38)(H,31,36)(H,34,35). The van der Waals surface area contributed by atoms with Gasteiger partial charge in [-0.25, -0.2) is 8.42 Å². The fraction of sp³-hybridized carbons (Fsp3) is 0.556. The molecule has 1 aromatic carbocycles. The molecule has 0 aliphatic carbocycles. The summed E-state index contributed by atoms with van der Waals surface area (Å²) in [6.45, 7) is 5.66. The number of aryl methyl sites for hydroxylation is 1. The highest BCUT2D eigenvalue weighted by Crippen LogP contribution is 2.10. The van der Waals surface area contributed by atoms with Crippen molar-refractivity contribution < 1.29 is 42.3 Å². The fourth-order valence-corrected chi connectivity index (χ4v) is 4.73. The number of amides is 4. The molecule has 14 heteroatoms. The van der Waals surface area contributed by atoms with Crippen LogP contribution in [0.15, 0.2) is 30.3 Å². The molecule has 0 aliphatic heterocycles. The van der Waals surface area contributed by atoms with Gasteiger partial charge in [0.05, 0.1) is 18.2 Å². The molecule has 0 radical (unpaired) electrons. The number of carbonyl (C=O) groups excluding carboxylic acids is 5. The van der Waals surface area contributed by atoms with Crippen LogP contribution in [0.5, 0.6) is 0 Å². The number of Topliss-reactive ketones (excluding diaryl/α,β-unsaturated/α-hetero) is 1. The first kappa shape index (κ1) is 35.2. The first-order valence-electron chi connectivity index (χ1n) is 13.1. The van der Waals surface area contributed by atoms with Gasteiger partial charge in [-0.1, -0.05) is 44.2 Å². The zero-order valence-corrected chi connectivity index (χ0v) is 24.7. The highest BCUT2D eigenvalue weighted by atomic mass is 32.2. The zero-order chi connectivity index (χ0) is 31.3. The number of rotatable bonds is 17. The van der Waals surface area contributed by atoms with Crippen LogP contribution in [0.1, 0.15) is 52.5 Å². The van der Waals surface area contributed by atoms with Crippen molar-refractivity contribution in [1.82, 2.24) is 21.3 Å². The van der Waals surface area contributed by atoms with Crippen LogP contribution in [0.3, 0.4) is 0 Å². The maximum atomic E-state index is 13.1. The third kappa shape index (κ3) is 13.9. The molecule has 0 spiro atoms. The Labute approximate surface area is 240 Å². The monoisotopic (exact) mass is 596 g/mol. The Hall–Kier alpha value is -3.81. The summed E-state index contributed by atoms with van der Waals surface area (Å²) in [6.07, 6.45) is 1.35. The Balaban J connectivity index is 2.87. The number of carbonyl (C=O) groups is 6. The lowest BCUT2D eigenvalue weighted by Gasteiger charge is -2.26. The third-order valence-electron chi connectivity index (χ3n) is 5.98. The zero-order valence-electron chi connectivity index (χ0n) is 23.9. The molecule has 228 valence electrons. The van der Waals surface area contributed by atoms with Gasteiger partial charge in [-0.2, -0.15) is 0 Å². The van der Waals surface area contributed by atoms with Crippen molar-refractivity contribution in [1.29, 1.82) is 0 Å². The van der Waals surface area contributed by atoms with Crippen LogP contribution in [0.25, 0.3) is 0 Å². The second-order valence-corrected chi connectivity index (χ2v) is 12.5. The van der Waals surface area contributed by atoms with E-state index in [9.17, 15) is 42.3 Å². The molecule has 41 heavy (non-hydrogen) atoms. The molecule has 4 amide bonds. The van der Waals surface area contributed by atoms with Crippen LogP contribution >= 0.6 is 0 Å². The topological polar surface area (TPSA) is 205 Å². The largest absolute Gasteiger partial charge is 0.481 e. The first-order chi connectivity index (χ1) is 19.0. The van der Waals surface area contributed by atoms with Gasteiger partial charge < -0.3 is 26.4 Å². The summed E-state index contributed by atoms with van der Waals surface area (Å²) < 4.78 is 23.3. The van der Waals surface area contributed by atoms with Crippen LogP contribution in [-0.2, 0) is 45.0 Å². The molecule has 0 heterocycles. The Kier molecular flexibility index (Phi) is 14.1. The van der Waals surface area contributed by atoms with Crippen molar-refractivity contribution in [2.24, 2.45) is 5.92 Å². The number of ketones is 1. The van der Waals surface area contributed by atoms with E-state index < -0.39 is 87.5 Å². The molecule has 0 aliphatic rings. The van der Waals surface area contributed by atoms with Gasteiger partial charge >= 0.3 is 5.97 Å². The molecule has 1 aromatic rings. The molecule has 4 unspecified atom stereocenters. The van der Waals surface area contributed by atoms with Crippen LogP contribution in [-0.4, -0.2) is 85.1 Å². The summed E-state index contributed by atoms with van der Waals surface area (Å²) >= 11 is 0. The number of hydrogen-bond acceptors (Lipinski definition) is 8. The fourth-order valence-electron chi connectivity index (χ4n) is 3.89. The molecule has 0 bridgehead atoms. The van der Waals surface area contributed by atoms with Gasteiger partial charge in [-0.3, -0.25) is 28.8 Å². The van der Waals surface area contributed by atoms with E-state index in [2.05, 4.69) is 21.3 Å². The van der Waals surface area contributed by atoms with E-state index in [1.807, 2.05) is 30.3 Å². The molecule has 0 saturated heterocycles. The van der Waals surface area contributed by atoms with Gasteiger partial charge in [0.25, 0.3) is 0 Å². The van der Waals surface area contributed by atoms with E-state index in [1.165, 1.54) is 6.92 Å². The minimum absolute atomic E-state index is 0.0395. The summed E-state index contributed by atoms with van der Waals surface area (Å²) in [5.74, 6) is -6.04. The van der Waals surface area contributed by atoms with E-state index in [1.54, 1.807) is 13.8 Å². The lowest BCUT2D eigenvalue weighted by Crippen LogP contribution is -2.58. The molecule has 0 aromatic heterocycles. The molecule has 4 atom stereocenters. The van der Waals surface area contributed by atoms with E-state index in [0.29, 0.717) is 12.8 Å². The van der Waals surface area contributed by atoms with Gasteiger partial charge in [0.2, 0.25) is 23.6 Å². The highest BCUT2D eigenvalue weighted by Gasteiger charge is 2.32. The number of sulfone groups is 1. The second-order valence-electron chi connectivity index (χ2n) is 10.3. The number of nitrogens with one attached hydrogen (secondary N) is 4. The van der Waals surface area contributed by atoms with Crippen LogP contribution in [0.4, 0.5) is 0 Å². The molecule has 0 saturated carbocycles. The van der Waals surface area contributed by atoms with Gasteiger partial charge in [0.1, 0.15) is 28.0 Å².